The summed E-state index contributed by atoms with van der Waals surface area (Å²) in [7, 11) is 0. The van der Waals surface area contributed by atoms with Crippen LogP contribution in [0.2, 0.25) is 0 Å². The summed E-state index contributed by atoms with van der Waals surface area (Å²) >= 11 is 0. The molecule has 0 aliphatic carbocycles. The first-order chi connectivity index (χ1) is 12.9. The minimum absolute atomic E-state index is 0.0541. The number of benzene rings is 2. The SMILES string of the molecule is Cc1ccc(N2C[C@@H](NC(=O)N3c4ccccc4C[C@H]3C)CC2=O)cc1C. The van der Waals surface area contributed by atoms with Gasteiger partial charge in [-0.25, -0.2) is 4.79 Å². The van der Waals surface area contributed by atoms with Crippen LogP contribution in [0, 0.1) is 13.8 Å². The van der Waals surface area contributed by atoms with Gasteiger partial charge in [-0.2, -0.15) is 0 Å². The van der Waals surface area contributed by atoms with E-state index < -0.39 is 0 Å². The molecular weight excluding hydrogens is 338 g/mol. The predicted molar refractivity (Wildman–Crippen MR) is 107 cm³/mol. The fraction of sp³-hybridized carbons (Fsp3) is 0.364. The summed E-state index contributed by atoms with van der Waals surface area (Å²) in [6.07, 6.45) is 1.20. The van der Waals surface area contributed by atoms with Crippen LogP contribution in [0.25, 0.3) is 0 Å². The van der Waals surface area contributed by atoms with Gasteiger partial charge < -0.3 is 10.2 Å². The number of carbonyl (C=O) groups excluding carboxylic acids is 2. The molecule has 2 aromatic carbocycles. The number of aryl methyl sites for hydroxylation is 2. The van der Waals surface area contributed by atoms with E-state index >= 15 is 0 Å². The van der Waals surface area contributed by atoms with Gasteiger partial charge >= 0.3 is 6.03 Å². The van der Waals surface area contributed by atoms with Crippen LogP contribution < -0.4 is 15.1 Å². The zero-order valence-corrected chi connectivity index (χ0v) is 16.0. The van der Waals surface area contributed by atoms with Crippen LogP contribution in [-0.4, -0.2) is 30.6 Å². The van der Waals surface area contributed by atoms with Gasteiger partial charge in [0.05, 0.1) is 6.04 Å². The molecule has 2 aromatic rings. The highest BCUT2D eigenvalue weighted by Crippen LogP contribution is 2.32. The van der Waals surface area contributed by atoms with Gasteiger partial charge in [0.1, 0.15) is 0 Å². The van der Waals surface area contributed by atoms with Crippen molar-refractivity contribution < 1.29 is 9.59 Å². The van der Waals surface area contributed by atoms with Gasteiger partial charge in [0.2, 0.25) is 5.91 Å². The third-order valence-corrected chi connectivity index (χ3v) is 5.68. The Kier molecular flexibility index (Phi) is 4.38. The number of nitrogens with one attached hydrogen (secondary N) is 1. The molecule has 27 heavy (non-hydrogen) atoms. The average Bonchev–Trinajstić information content (AvgIpc) is 3.16. The summed E-state index contributed by atoms with van der Waals surface area (Å²) < 4.78 is 0. The topological polar surface area (TPSA) is 52.7 Å². The van der Waals surface area contributed by atoms with Crippen LogP contribution in [-0.2, 0) is 11.2 Å². The molecule has 5 heteroatoms. The standard InChI is InChI=1S/C22H25N3O2/c1-14-8-9-19(10-15(14)2)24-13-18(12-21(24)26)23-22(27)25-16(3)11-17-6-4-5-7-20(17)25/h4-10,16,18H,11-13H2,1-3H3,(H,23,27)/t16-,18+/m1/s1. The largest absolute Gasteiger partial charge is 0.333 e. The van der Waals surface area contributed by atoms with Crippen molar-refractivity contribution in [1.29, 1.82) is 0 Å². The third kappa shape index (κ3) is 3.18. The highest BCUT2D eigenvalue weighted by Gasteiger charge is 2.35. The Labute approximate surface area is 160 Å². The second-order valence-electron chi connectivity index (χ2n) is 7.68. The number of rotatable bonds is 2. The van der Waals surface area contributed by atoms with E-state index in [1.54, 1.807) is 4.90 Å². The van der Waals surface area contributed by atoms with Gasteiger partial charge in [-0.05, 0) is 62.1 Å². The zero-order chi connectivity index (χ0) is 19.1. The number of hydrogen-bond acceptors (Lipinski definition) is 2. The van der Waals surface area contributed by atoms with E-state index in [4.69, 9.17) is 0 Å². The van der Waals surface area contributed by atoms with Crippen molar-refractivity contribution in [2.45, 2.75) is 45.7 Å². The number of carbonyl (C=O) groups is 2. The van der Waals surface area contributed by atoms with Crippen molar-refractivity contribution in [3.63, 3.8) is 0 Å². The maximum absolute atomic E-state index is 12.9. The van der Waals surface area contributed by atoms with Gasteiger partial charge in [-0.15, -0.1) is 0 Å². The van der Waals surface area contributed by atoms with Crippen LogP contribution >= 0.6 is 0 Å². The second-order valence-corrected chi connectivity index (χ2v) is 7.68. The van der Waals surface area contributed by atoms with E-state index in [1.165, 1.54) is 11.1 Å². The summed E-state index contributed by atoms with van der Waals surface area (Å²) in [5, 5.41) is 3.07. The van der Waals surface area contributed by atoms with Gasteiger partial charge in [-0.3, -0.25) is 9.69 Å². The summed E-state index contributed by atoms with van der Waals surface area (Å²) in [6.45, 7) is 6.67. The maximum atomic E-state index is 12.9. The van der Waals surface area contributed by atoms with E-state index in [-0.39, 0.29) is 24.0 Å². The van der Waals surface area contributed by atoms with Crippen molar-refractivity contribution in [3.8, 4) is 0 Å². The smallest absolute Gasteiger partial charge is 0.322 e. The van der Waals surface area contributed by atoms with Crippen LogP contribution in [0.1, 0.15) is 30.0 Å². The maximum Gasteiger partial charge on any atom is 0.322 e. The Morgan fingerprint density at radius 1 is 1.07 bits per heavy atom. The Balaban J connectivity index is 1.47. The summed E-state index contributed by atoms with van der Waals surface area (Å²) in [4.78, 5) is 29.0. The number of urea groups is 1. The van der Waals surface area contributed by atoms with Crippen molar-refractivity contribution in [2.24, 2.45) is 0 Å². The molecule has 5 nitrogen and oxygen atoms in total. The molecular formula is C22H25N3O2. The fourth-order valence-corrected chi connectivity index (χ4v) is 4.07. The van der Waals surface area contributed by atoms with E-state index in [0.29, 0.717) is 13.0 Å². The molecule has 2 atom stereocenters. The number of para-hydroxylation sites is 1. The van der Waals surface area contributed by atoms with Crippen LogP contribution in [0.4, 0.5) is 16.2 Å². The van der Waals surface area contributed by atoms with Crippen LogP contribution in [0.5, 0.6) is 0 Å². The first-order valence-corrected chi connectivity index (χ1v) is 9.49. The summed E-state index contributed by atoms with van der Waals surface area (Å²) in [5.41, 5.74) is 5.43. The highest BCUT2D eigenvalue weighted by atomic mass is 16.2. The van der Waals surface area contributed by atoms with E-state index in [9.17, 15) is 9.59 Å². The number of fused-ring (bicyclic) bond motifs is 1. The molecule has 0 aromatic heterocycles. The van der Waals surface area contributed by atoms with E-state index in [1.807, 2.05) is 48.2 Å². The lowest BCUT2D eigenvalue weighted by atomic mass is 10.1. The first-order valence-electron chi connectivity index (χ1n) is 9.49. The molecule has 4 rings (SSSR count). The minimum Gasteiger partial charge on any atom is -0.333 e. The molecule has 0 radical (unpaired) electrons. The van der Waals surface area contributed by atoms with Crippen molar-refractivity contribution in [2.75, 3.05) is 16.3 Å². The molecule has 1 saturated heterocycles. The second kappa shape index (κ2) is 6.72. The molecule has 0 bridgehead atoms. The number of hydrogen-bond donors (Lipinski definition) is 1. The number of amides is 3. The van der Waals surface area contributed by atoms with E-state index in [2.05, 4.69) is 25.2 Å². The van der Waals surface area contributed by atoms with Crippen LogP contribution in [0.15, 0.2) is 42.5 Å². The Morgan fingerprint density at radius 2 is 1.85 bits per heavy atom. The Morgan fingerprint density at radius 3 is 2.63 bits per heavy atom. The fourth-order valence-electron chi connectivity index (χ4n) is 4.07. The average molecular weight is 363 g/mol. The van der Waals surface area contributed by atoms with Crippen molar-refractivity contribution >= 4 is 23.3 Å². The lowest BCUT2D eigenvalue weighted by Gasteiger charge is -2.25. The summed E-state index contributed by atoms with van der Waals surface area (Å²) in [5.74, 6) is 0.0541. The lowest BCUT2D eigenvalue weighted by molar-refractivity contribution is -0.117. The van der Waals surface area contributed by atoms with Crippen molar-refractivity contribution in [1.82, 2.24) is 5.32 Å². The Bertz CT molecular complexity index is 908. The van der Waals surface area contributed by atoms with Gasteiger partial charge in [0.25, 0.3) is 0 Å². The minimum atomic E-state index is -0.174. The molecule has 2 aliphatic rings. The molecule has 140 valence electrons. The van der Waals surface area contributed by atoms with Gasteiger partial charge in [0.15, 0.2) is 0 Å². The first kappa shape index (κ1) is 17.6. The molecule has 1 N–H and O–H groups in total. The van der Waals surface area contributed by atoms with Gasteiger partial charge in [-0.1, -0.05) is 24.3 Å². The van der Waals surface area contributed by atoms with E-state index in [0.717, 1.165) is 23.4 Å². The molecule has 2 aliphatic heterocycles. The predicted octanol–water partition coefficient (Wildman–Crippen LogP) is 3.57. The quantitative estimate of drug-likeness (QED) is 0.887. The molecule has 0 saturated carbocycles. The highest BCUT2D eigenvalue weighted by molar-refractivity contribution is 5.99. The monoisotopic (exact) mass is 363 g/mol. The van der Waals surface area contributed by atoms with Crippen molar-refractivity contribution in [3.05, 3.63) is 59.2 Å². The number of anilines is 2. The molecule has 0 spiro atoms. The molecule has 3 amide bonds. The summed E-state index contributed by atoms with van der Waals surface area (Å²) in [6, 6.07) is 13.9. The molecule has 1 fully saturated rings. The normalized spacial score (nSPS) is 21.5. The molecule has 2 heterocycles. The van der Waals surface area contributed by atoms with Gasteiger partial charge in [0, 0.05) is 30.4 Å². The van der Waals surface area contributed by atoms with Crippen LogP contribution in [0.3, 0.4) is 0 Å². The molecule has 0 unspecified atom stereocenters. The lowest BCUT2D eigenvalue weighted by Crippen LogP contribution is -2.48. The third-order valence-electron chi connectivity index (χ3n) is 5.68. The Hall–Kier alpha value is -2.82. The number of nitrogens with zero attached hydrogens (tertiary/aromatic N) is 2. The zero-order valence-electron chi connectivity index (χ0n) is 16.0.